The van der Waals surface area contributed by atoms with Crippen molar-refractivity contribution in [3.63, 3.8) is 0 Å². The van der Waals surface area contributed by atoms with Crippen LogP contribution < -0.4 is 16.4 Å². The molecule has 1 heterocycles. The lowest BCUT2D eigenvalue weighted by molar-refractivity contribution is 0.0840. The molecule has 0 saturated heterocycles. The van der Waals surface area contributed by atoms with E-state index in [0.717, 1.165) is 16.3 Å². The van der Waals surface area contributed by atoms with Crippen molar-refractivity contribution in [1.82, 2.24) is 20.6 Å². The first-order valence-electron chi connectivity index (χ1n) is 8.02. The Labute approximate surface area is 153 Å². The number of nitrogens with one attached hydrogen (secondary N) is 2. The van der Waals surface area contributed by atoms with E-state index in [4.69, 9.17) is 0 Å². The zero-order chi connectivity index (χ0) is 19.2. The normalized spacial score (nSPS) is 10.3. The molecule has 0 aliphatic rings. The molecule has 3 rings (SSSR count). The van der Waals surface area contributed by atoms with Crippen molar-refractivity contribution in [3.05, 3.63) is 99.7 Å². The van der Waals surface area contributed by atoms with E-state index >= 15 is 0 Å². The van der Waals surface area contributed by atoms with Crippen LogP contribution in [-0.4, -0.2) is 21.6 Å². The summed E-state index contributed by atoms with van der Waals surface area (Å²) in [4.78, 5) is 36.1. The summed E-state index contributed by atoms with van der Waals surface area (Å²) in [5, 5.41) is 4.00. The average Bonchev–Trinajstić information content (AvgIpc) is 2.68. The quantitative estimate of drug-likeness (QED) is 0.685. The van der Waals surface area contributed by atoms with Gasteiger partial charge in [-0.2, -0.15) is 5.10 Å². The zero-order valence-corrected chi connectivity index (χ0v) is 14.1. The van der Waals surface area contributed by atoms with Gasteiger partial charge < -0.3 is 0 Å². The van der Waals surface area contributed by atoms with Crippen LogP contribution in [0.1, 0.15) is 26.4 Å². The molecule has 0 radical (unpaired) electrons. The van der Waals surface area contributed by atoms with E-state index in [9.17, 15) is 18.8 Å². The number of rotatable bonds is 4. The van der Waals surface area contributed by atoms with E-state index in [-0.39, 0.29) is 23.4 Å². The Morgan fingerprint density at radius 2 is 1.56 bits per heavy atom. The fraction of sp³-hybridized carbons (Fsp3) is 0.0526. The standard InChI is InChI=1S/C19H15FN4O3/c20-15-9-5-4-8-14(15)18(26)21-22-19(27)16-10-11-17(25)24(23-16)12-13-6-2-1-3-7-13/h1-11H,12H2,(H,21,26)(H,22,27). The molecular formula is C19H15FN4O3. The Morgan fingerprint density at radius 1 is 0.889 bits per heavy atom. The molecule has 136 valence electrons. The number of carbonyl (C=O) groups excluding carboxylic acids is 2. The van der Waals surface area contributed by atoms with E-state index in [2.05, 4.69) is 16.0 Å². The van der Waals surface area contributed by atoms with Gasteiger partial charge in [0.25, 0.3) is 17.4 Å². The van der Waals surface area contributed by atoms with Gasteiger partial charge >= 0.3 is 0 Å². The fourth-order valence-corrected chi connectivity index (χ4v) is 2.33. The zero-order valence-electron chi connectivity index (χ0n) is 14.1. The number of hydrogen-bond donors (Lipinski definition) is 2. The molecule has 0 bridgehead atoms. The molecule has 2 amide bonds. The molecule has 1 aromatic heterocycles. The van der Waals surface area contributed by atoms with E-state index in [1.807, 2.05) is 30.3 Å². The van der Waals surface area contributed by atoms with Gasteiger partial charge in [-0.15, -0.1) is 0 Å². The predicted octanol–water partition coefficient (Wildman–Crippen LogP) is 1.51. The molecule has 3 aromatic rings. The highest BCUT2D eigenvalue weighted by Crippen LogP contribution is 2.05. The summed E-state index contributed by atoms with van der Waals surface area (Å²) in [5.74, 6) is -2.25. The van der Waals surface area contributed by atoms with Crippen LogP contribution >= 0.6 is 0 Å². The Bertz CT molecular complexity index is 1030. The molecule has 7 nitrogen and oxygen atoms in total. The SMILES string of the molecule is O=C(NNC(=O)c1ccccc1F)c1ccc(=O)n(Cc2ccccc2)n1. The number of halogens is 1. The van der Waals surface area contributed by atoms with Crippen molar-refractivity contribution < 1.29 is 14.0 Å². The lowest BCUT2D eigenvalue weighted by Crippen LogP contribution is -2.42. The average molecular weight is 366 g/mol. The number of carbonyl (C=O) groups is 2. The number of hydrogen-bond acceptors (Lipinski definition) is 4. The minimum absolute atomic E-state index is 0.0700. The summed E-state index contributed by atoms with van der Waals surface area (Å²) in [6.45, 7) is 0.197. The molecular weight excluding hydrogens is 351 g/mol. The van der Waals surface area contributed by atoms with Crippen LogP contribution in [0.5, 0.6) is 0 Å². The minimum Gasteiger partial charge on any atom is -0.268 e. The van der Waals surface area contributed by atoms with Gasteiger partial charge in [-0.1, -0.05) is 42.5 Å². The third-order valence-corrected chi connectivity index (χ3v) is 3.68. The Hall–Kier alpha value is -3.81. The Balaban J connectivity index is 1.70. The topological polar surface area (TPSA) is 93.1 Å². The number of hydrazine groups is 1. The summed E-state index contributed by atoms with van der Waals surface area (Å²) in [5.41, 5.74) is 4.46. The lowest BCUT2D eigenvalue weighted by Gasteiger charge is -2.09. The largest absolute Gasteiger partial charge is 0.290 e. The number of amides is 2. The second-order valence-electron chi connectivity index (χ2n) is 5.59. The molecule has 0 spiro atoms. The summed E-state index contributed by atoms with van der Waals surface area (Å²) in [7, 11) is 0. The van der Waals surface area contributed by atoms with Gasteiger partial charge in [-0.3, -0.25) is 25.2 Å². The van der Waals surface area contributed by atoms with Crippen LogP contribution in [-0.2, 0) is 6.54 Å². The van der Waals surface area contributed by atoms with E-state index in [1.54, 1.807) is 0 Å². The molecule has 0 unspecified atom stereocenters. The molecule has 2 aromatic carbocycles. The molecule has 0 fully saturated rings. The third kappa shape index (κ3) is 4.43. The summed E-state index contributed by atoms with van der Waals surface area (Å²) >= 11 is 0. The first kappa shape index (κ1) is 18.0. The third-order valence-electron chi connectivity index (χ3n) is 3.68. The highest BCUT2D eigenvalue weighted by atomic mass is 19.1. The van der Waals surface area contributed by atoms with E-state index in [0.29, 0.717) is 0 Å². The van der Waals surface area contributed by atoms with Crippen LogP contribution in [0.15, 0.2) is 71.5 Å². The van der Waals surface area contributed by atoms with Crippen molar-refractivity contribution in [2.75, 3.05) is 0 Å². The number of benzene rings is 2. The number of aromatic nitrogens is 2. The second kappa shape index (κ2) is 8.05. The first-order valence-corrected chi connectivity index (χ1v) is 8.02. The van der Waals surface area contributed by atoms with Crippen LogP contribution in [0.4, 0.5) is 4.39 Å². The molecule has 0 aliphatic carbocycles. The van der Waals surface area contributed by atoms with Gasteiger partial charge in [0.15, 0.2) is 5.69 Å². The van der Waals surface area contributed by atoms with Crippen molar-refractivity contribution in [2.45, 2.75) is 6.54 Å². The van der Waals surface area contributed by atoms with Crippen LogP contribution in [0, 0.1) is 5.82 Å². The first-order chi connectivity index (χ1) is 13.0. The maximum Gasteiger partial charge on any atom is 0.290 e. The van der Waals surface area contributed by atoms with Crippen LogP contribution in [0.25, 0.3) is 0 Å². The highest BCUT2D eigenvalue weighted by molar-refractivity contribution is 5.98. The molecule has 0 atom stereocenters. The maximum atomic E-state index is 13.6. The monoisotopic (exact) mass is 366 g/mol. The maximum absolute atomic E-state index is 13.6. The number of nitrogens with zero attached hydrogens (tertiary/aromatic N) is 2. The molecule has 0 saturated carbocycles. The van der Waals surface area contributed by atoms with Crippen molar-refractivity contribution in [2.24, 2.45) is 0 Å². The van der Waals surface area contributed by atoms with Gasteiger partial charge in [-0.05, 0) is 23.8 Å². The Kier molecular flexibility index (Phi) is 5.36. The fourth-order valence-electron chi connectivity index (χ4n) is 2.33. The van der Waals surface area contributed by atoms with Crippen LogP contribution in [0.3, 0.4) is 0 Å². The van der Waals surface area contributed by atoms with Gasteiger partial charge in [0.2, 0.25) is 0 Å². The Morgan fingerprint density at radius 3 is 2.30 bits per heavy atom. The highest BCUT2D eigenvalue weighted by Gasteiger charge is 2.14. The smallest absolute Gasteiger partial charge is 0.268 e. The summed E-state index contributed by atoms with van der Waals surface area (Å²) in [6, 6.07) is 17.0. The molecule has 2 N–H and O–H groups in total. The molecule has 8 heteroatoms. The second-order valence-corrected chi connectivity index (χ2v) is 5.59. The summed E-state index contributed by atoms with van der Waals surface area (Å²) < 4.78 is 14.7. The van der Waals surface area contributed by atoms with Crippen LogP contribution in [0.2, 0.25) is 0 Å². The van der Waals surface area contributed by atoms with E-state index < -0.39 is 17.6 Å². The summed E-state index contributed by atoms with van der Waals surface area (Å²) in [6.07, 6.45) is 0. The lowest BCUT2D eigenvalue weighted by atomic mass is 10.2. The van der Waals surface area contributed by atoms with Gasteiger partial charge in [0, 0.05) is 6.07 Å². The van der Waals surface area contributed by atoms with Gasteiger partial charge in [0.05, 0.1) is 12.1 Å². The predicted molar refractivity (Wildman–Crippen MR) is 95.4 cm³/mol. The van der Waals surface area contributed by atoms with Crippen molar-refractivity contribution in [3.8, 4) is 0 Å². The van der Waals surface area contributed by atoms with Gasteiger partial charge in [-0.25, -0.2) is 9.07 Å². The van der Waals surface area contributed by atoms with E-state index in [1.165, 1.54) is 30.3 Å². The molecule has 0 aliphatic heterocycles. The van der Waals surface area contributed by atoms with Crippen molar-refractivity contribution >= 4 is 11.8 Å². The van der Waals surface area contributed by atoms with Gasteiger partial charge in [0.1, 0.15) is 5.82 Å². The molecule has 27 heavy (non-hydrogen) atoms. The van der Waals surface area contributed by atoms with Crippen molar-refractivity contribution in [1.29, 1.82) is 0 Å². The minimum atomic E-state index is -0.806.